The summed E-state index contributed by atoms with van der Waals surface area (Å²) in [7, 11) is 0. The lowest BCUT2D eigenvalue weighted by molar-refractivity contribution is -0.384. The Kier molecular flexibility index (Phi) is 4.15. The highest BCUT2D eigenvalue weighted by molar-refractivity contribution is 5.52. The van der Waals surface area contributed by atoms with Crippen molar-refractivity contribution < 1.29 is 9.66 Å². The van der Waals surface area contributed by atoms with E-state index >= 15 is 0 Å². The average molecular weight is 250 g/mol. The van der Waals surface area contributed by atoms with E-state index in [0.29, 0.717) is 17.9 Å². The van der Waals surface area contributed by atoms with Crippen molar-refractivity contribution in [2.24, 2.45) is 0 Å². The molecule has 1 aliphatic rings. The first-order chi connectivity index (χ1) is 8.66. The first-order valence-electron chi connectivity index (χ1n) is 6.31. The van der Waals surface area contributed by atoms with Crippen LogP contribution in [0, 0.1) is 10.1 Å². The molecule has 1 aliphatic carbocycles. The number of nitrogen functional groups attached to an aromatic ring is 1. The van der Waals surface area contributed by atoms with Crippen molar-refractivity contribution >= 4 is 11.4 Å². The maximum absolute atomic E-state index is 10.7. The largest absolute Gasteiger partial charge is 0.398 e. The Balaban J connectivity index is 1.99. The van der Waals surface area contributed by atoms with Crippen LogP contribution in [0.1, 0.15) is 37.7 Å². The summed E-state index contributed by atoms with van der Waals surface area (Å²) in [6.45, 7) is 0.359. The number of rotatable bonds is 4. The molecule has 0 aromatic heterocycles. The van der Waals surface area contributed by atoms with Gasteiger partial charge in [-0.15, -0.1) is 0 Å². The molecular formula is C13H18N2O3. The molecule has 0 saturated heterocycles. The van der Waals surface area contributed by atoms with E-state index in [9.17, 15) is 10.1 Å². The fourth-order valence-electron chi connectivity index (χ4n) is 2.27. The van der Waals surface area contributed by atoms with Crippen molar-refractivity contribution in [2.45, 2.75) is 44.8 Å². The van der Waals surface area contributed by atoms with Gasteiger partial charge < -0.3 is 10.5 Å². The van der Waals surface area contributed by atoms with E-state index in [4.69, 9.17) is 10.5 Å². The summed E-state index contributed by atoms with van der Waals surface area (Å²) in [4.78, 5) is 10.3. The second-order valence-corrected chi connectivity index (χ2v) is 4.71. The third-order valence-electron chi connectivity index (χ3n) is 3.36. The van der Waals surface area contributed by atoms with Crippen molar-refractivity contribution in [1.82, 2.24) is 0 Å². The number of benzene rings is 1. The van der Waals surface area contributed by atoms with Crippen molar-refractivity contribution in [1.29, 1.82) is 0 Å². The summed E-state index contributed by atoms with van der Waals surface area (Å²) in [6, 6.07) is 4.48. The maximum atomic E-state index is 10.7. The van der Waals surface area contributed by atoms with E-state index in [1.807, 2.05) is 0 Å². The molecule has 1 aromatic rings. The van der Waals surface area contributed by atoms with E-state index in [1.165, 1.54) is 31.4 Å². The number of non-ortho nitro benzene ring substituents is 1. The standard InChI is InChI=1S/C13H18N2O3/c14-13-7-6-11(15(16)17)8-10(13)9-18-12-4-2-1-3-5-12/h6-8,12H,1-5,9,14H2. The number of anilines is 1. The van der Waals surface area contributed by atoms with Crippen LogP contribution in [-0.2, 0) is 11.3 Å². The maximum Gasteiger partial charge on any atom is 0.269 e. The van der Waals surface area contributed by atoms with Crippen LogP contribution in [0.2, 0.25) is 0 Å². The molecule has 98 valence electrons. The van der Waals surface area contributed by atoms with Crippen molar-refractivity contribution in [3.63, 3.8) is 0 Å². The minimum Gasteiger partial charge on any atom is -0.398 e. The normalized spacial score (nSPS) is 16.7. The van der Waals surface area contributed by atoms with Crippen LogP contribution >= 0.6 is 0 Å². The van der Waals surface area contributed by atoms with Crippen LogP contribution in [0.4, 0.5) is 11.4 Å². The molecule has 5 heteroatoms. The zero-order valence-electron chi connectivity index (χ0n) is 10.3. The Morgan fingerprint density at radius 2 is 2.06 bits per heavy atom. The highest BCUT2D eigenvalue weighted by Crippen LogP contribution is 2.24. The molecule has 0 aliphatic heterocycles. The minimum atomic E-state index is -0.413. The van der Waals surface area contributed by atoms with Gasteiger partial charge in [0.25, 0.3) is 5.69 Å². The second kappa shape index (κ2) is 5.82. The molecule has 0 amide bonds. The SMILES string of the molecule is Nc1ccc([N+](=O)[O-])cc1COC1CCCCC1. The number of nitro benzene ring substituents is 1. The number of hydrogen-bond donors (Lipinski definition) is 1. The van der Waals surface area contributed by atoms with Gasteiger partial charge in [0.05, 0.1) is 17.6 Å². The monoisotopic (exact) mass is 250 g/mol. The van der Waals surface area contributed by atoms with E-state index in [-0.39, 0.29) is 11.8 Å². The Hall–Kier alpha value is -1.62. The molecule has 0 spiro atoms. The zero-order valence-corrected chi connectivity index (χ0v) is 10.3. The number of nitrogens with two attached hydrogens (primary N) is 1. The number of ether oxygens (including phenoxy) is 1. The molecule has 2 N–H and O–H groups in total. The lowest BCUT2D eigenvalue weighted by Crippen LogP contribution is -2.16. The summed E-state index contributed by atoms with van der Waals surface area (Å²) >= 11 is 0. The summed E-state index contributed by atoms with van der Waals surface area (Å²) in [6.07, 6.45) is 6.12. The van der Waals surface area contributed by atoms with E-state index < -0.39 is 4.92 Å². The predicted molar refractivity (Wildman–Crippen MR) is 69.2 cm³/mol. The summed E-state index contributed by atoms with van der Waals surface area (Å²) < 4.78 is 5.78. The molecule has 0 unspecified atom stereocenters. The van der Waals surface area contributed by atoms with E-state index in [1.54, 1.807) is 6.07 Å². The minimum absolute atomic E-state index is 0.0615. The van der Waals surface area contributed by atoms with Gasteiger partial charge in [0.2, 0.25) is 0 Å². The molecule has 1 aromatic carbocycles. The van der Waals surface area contributed by atoms with Gasteiger partial charge in [0, 0.05) is 23.4 Å². The predicted octanol–water partition coefficient (Wildman–Crippen LogP) is 3.03. The third-order valence-corrected chi connectivity index (χ3v) is 3.36. The van der Waals surface area contributed by atoms with Crippen LogP contribution in [0.25, 0.3) is 0 Å². The number of nitro groups is 1. The molecule has 0 bridgehead atoms. The van der Waals surface area contributed by atoms with Crippen molar-refractivity contribution in [2.75, 3.05) is 5.73 Å². The zero-order chi connectivity index (χ0) is 13.0. The fourth-order valence-corrected chi connectivity index (χ4v) is 2.27. The van der Waals surface area contributed by atoms with Gasteiger partial charge >= 0.3 is 0 Å². The van der Waals surface area contributed by atoms with Crippen LogP contribution in [-0.4, -0.2) is 11.0 Å². The van der Waals surface area contributed by atoms with E-state index in [0.717, 1.165) is 12.8 Å². The Bertz CT molecular complexity index is 428. The lowest BCUT2D eigenvalue weighted by Gasteiger charge is -2.22. The molecule has 1 saturated carbocycles. The van der Waals surface area contributed by atoms with Crippen molar-refractivity contribution in [3.05, 3.63) is 33.9 Å². The van der Waals surface area contributed by atoms with Gasteiger partial charge in [0.15, 0.2) is 0 Å². The summed E-state index contributed by atoms with van der Waals surface area (Å²) in [5, 5.41) is 10.7. The topological polar surface area (TPSA) is 78.4 Å². The van der Waals surface area contributed by atoms with Gasteiger partial charge in [0.1, 0.15) is 0 Å². The third kappa shape index (κ3) is 3.20. The molecule has 0 radical (unpaired) electrons. The van der Waals surface area contributed by atoms with Gasteiger partial charge in [-0.05, 0) is 18.9 Å². The molecule has 0 heterocycles. The summed E-state index contributed by atoms with van der Waals surface area (Å²) in [5.41, 5.74) is 7.12. The Labute approximate surface area is 106 Å². The van der Waals surface area contributed by atoms with Gasteiger partial charge in [-0.2, -0.15) is 0 Å². The molecule has 0 atom stereocenters. The van der Waals surface area contributed by atoms with Crippen LogP contribution in [0.3, 0.4) is 0 Å². The van der Waals surface area contributed by atoms with Crippen LogP contribution < -0.4 is 5.73 Å². The van der Waals surface area contributed by atoms with Crippen LogP contribution in [0.5, 0.6) is 0 Å². The van der Waals surface area contributed by atoms with Gasteiger partial charge in [-0.25, -0.2) is 0 Å². The lowest BCUT2D eigenvalue weighted by atomic mass is 9.98. The highest BCUT2D eigenvalue weighted by atomic mass is 16.6. The second-order valence-electron chi connectivity index (χ2n) is 4.71. The Morgan fingerprint density at radius 3 is 2.72 bits per heavy atom. The molecule has 2 rings (SSSR count). The quantitative estimate of drug-likeness (QED) is 0.506. The molecular weight excluding hydrogens is 232 g/mol. The highest BCUT2D eigenvalue weighted by Gasteiger charge is 2.15. The molecule has 18 heavy (non-hydrogen) atoms. The molecule has 1 fully saturated rings. The Morgan fingerprint density at radius 1 is 1.33 bits per heavy atom. The smallest absolute Gasteiger partial charge is 0.269 e. The van der Waals surface area contributed by atoms with E-state index in [2.05, 4.69) is 0 Å². The first-order valence-corrected chi connectivity index (χ1v) is 6.31. The van der Waals surface area contributed by atoms with Gasteiger partial charge in [-0.1, -0.05) is 19.3 Å². The summed E-state index contributed by atoms with van der Waals surface area (Å²) in [5.74, 6) is 0. The first kappa shape index (κ1) is 12.8. The average Bonchev–Trinajstić information content (AvgIpc) is 2.38. The molecule has 5 nitrogen and oxygen atoms in total. The van der Waals surface area contributed by atoms with Crippen LogP contribution in [0.15, 0.2) is 18.2 Å². The van der Waals surface area contributed by atoms with Gasteiger partial charge in [-0.3, -0.25) is 10.1 Å². The van der Waals surface area contributed by atoms with Crippen molar-refractivity contribution in [3.8, 4) is 0 Å². The fraction of sp³-hybridized carbons (Fsp3) is 0.538. The number of nitrogens with zero attached hydrogens (tertiary/aromatic N) is 1. The number of hydrogen-bond acceptors (Lipinski definition) is 4.